The molecule has 0 saturated carbocycles. The van der Waals surface area contributed by atoms with Gasteiger partial charge in [-0.1, -0.05) is 30.3 Å². The van der Waals surface area contributed by atoms with Gasteiger partial charge in [-0.2, -0.15) is 0 Å². The van der Waals surface area contributed by atoms with Gasteiger partial charge in [0, 0.05) is 11.1 Å². The molecular weight excluding hydrogens is 286 g/mol. The van der Waals surface area contributed by atoms with E-state index in [0.29, 0.717) is 6.61 Å². The van der Waals surface area contributed by atoms with Crippen molar-refractivity contribution in [2.75, 3.05) is 12.4 Å². The lowest BCUT2D eigenvalue weighted by molar-refractivity contribution is 0.340. The maximum atomic E-state index is 11.7. The predicted molar refractivity (Wildman–Crippen MR) is 77.9 cm³/mol. The average molecular weight is 304 g/mol. The minimum atomic E-state index is -3.46. The SMILES string of the molecule is C=C(Cl)CS(=O)(=O)N[C@@H](C)c1ccc(OCC)cc1. The number of hydrogen-bond donors (Lipinski definition) is 1. The fourth-order valence-electron chi connectivity index (χ4n) is 1.60. The average Bonchev–Trinajstić information content (AvgIpc) is 2.27. The lowest BCUT2D eigenvalue weighted by Gasteiger charge is -2.15. The van der Waals surface area contributed by atoms with Crippen molar-refractivity contribution in [2.24, 2.45) is 0 Å². The number of sulfonamides is 1. The third kappa shape index (κ3) is 5.63. The number of nitrogens with one attached hydrogen (secondary N) is 1. The third-order valence-corrected chi connectivity index (χ3v) is 4.13. The van der Waals surface area contributed by atoms with Crippen LogP contribution >= 0.6 is 11.6 Å². The van der Waals surface area contributed by atoms with Crippen molar-refractivity contribution in [3.05, 3.63) is 41.4 Å². The van der Waals surface area contributed by atoms with E-state index in [4.69, 9.17) is 16.3 Å². The number of ether oxygens (including phenoxy) is 1. The summed E-state index contributed by atoms with van der Waals surface area (Å²) < 4.78 is 31.3. The van der Waals surface area contributed by atoms with E-state index < -0.39 is 10.0 Å². The summed E-state index contributed by atoms with van der Waals surface area (Å²) in [6, 6.07) is 6.94. The van der Waals surface area contributed by atoms with Gasteiger partial charge in [-0.25, -0.2) is 13.1 Å². The summed E-state index contributed by atoms with van der Waals surface area (Å²) in [7, 11) is -3.46. The molecule has 106 valence electrons. The maximum Gasteiger partial charge on any atom is 0.217 e. The highest BCUT2D eigenvalue weighted by molar-refractivity contribution is 7.89. The van der Waals surface area contributed by atoms with E-state index in [2.05, 4.69) is 11.3 Å². The van der Waals surface area contributed by atoms with E-state index >= 15 is 0 Å². The first-order valence-electron chi connectivity index (χ1n) is 5.90. The molecule has 0 saturated heterocycles. The molecule has 0 unspecified atom stereocenters. The lowest BCUT2D eigenvalue weighted by atomic mass is 10.1. The number of benzene rings is 1. The van der Waals surface area contributed by atoms with Crippen LogP contribution in [0.4, 0.5) is 0 Å². The molecule has 1 aromatic rings. The van der Waals surface area contributed by atoms with E-state index in [9.17, 15) is 8.42 Å². The first-order valence-corrected chi connectivity index (χ1v) is 7.93. The number of halogens is 1. The minimum Gasteiger partial charge on any atom is -0.494 e. The van der Waals surface area contributed by atoms with Crippen LogP contribution in [0.15, 0.2) is 35.9 Å². The fraction of sp³-hybridized carbons (Fsp3) is 0.385. The molecule has 0 heterocycles. The molecule has 0 aliphatic heterocycles. The predicted octanol–water partition coefficient (Wildman–Crippen LogP) is 2.82. The van der Waals surface area contributed by atoms with Crippen LogP contribution in [0.1, 0.15) is 25.5 Å². The quantitative estimate of drug-likeness (QED) is 0.842. The summed E-state index contributed by atoms with van der Waals surface area (Å²) in [5.74, 6) is 0.478. The van der Waals surface area contributed by atoms with Crippen molar-refractivity contribution in [1.29, 1.82) is 0 Å². The Hall–Kier alpha value is -1.04. The zero-order valence-electron chi connectivity index (χ0n) is 11.0. The van der Waals surface area contributed by atoms with Crippen molar-refractivity contribution >= 4 is 21.6 Å². The smallest absolute Gasteiger partial charge is 0.217 e. The van der Waals surface area contributed by atoms with Gasteiger partial charge in [0.05, 0.1) is 12.4 Å². The van der Waals surface area contributed by atoms with E-state index in [-0.39, 0.29) is 16.8 Å². The molecule has 0 amide bonds. The van der Waals surface area contributed by atoms with Crippen LogP contribution in [0.3, 0.4) is 0 Å². The van der Waals surface area contributed by atoms with Crippen molar-refractivity contribution in [3.63, 3.8) is 0 Å². The van der Waals surface area contributed by atoms with E-state index in [1.54, 1.807) is 6.92 Å². The fourth-order valence-corrected chi connectivity index (χ4v) is 3.21. The first kappa shape index (κ1) is 16.0. The van der Waals surface area contributed by atoms with E-state index in [0.717, 1.165) is 11.3 Å². The lowest BCUT2D eigenvalue weighted by Crippen LogP contribution is -2.29. The number of hydrogen-bond acceptors (Lipinski definition) is 3. The standard InChI is InChI=1S/C13H18ClNO3S/c1-4-18-13-7-5-12(6-8-13)11(3)15-19(16,17)9-10(2)14/h5-8,11,15H,2,4,9H2,1,3H3/t11-/m0/s1. The molecule has 0 bridgehead atoms. The largest absolute Gasteiger partial charge is 0.494 e. The van der Waals surface area contributed by atoms with Gasteiger partial charge in [-0.3, -0.25) is 0 Å². The highest BCUT2D eigenvalue weighted by atomic mass is 35.5. The third-order valence-electron chi connectivity index (χ3n) is 2.39. The maximum absolute atomic E-state index is 11.7. The van der Waals surface area contributed by atoms with Gasteiger partial charge in [-0.05, 0) is 31.5 Å². The van der Waals surface area contributed by atoms with Crippen LogP contribution in [-0.2, 0) is 10.0 Å². The molecule has 1 N–H and O–H groups in total. The van der Waals surface area contributed by atoms with Gasteiger partial charge in [0.15, 0.2) is 0 Å². The Bertz CT molecular complexity index is 525. The summed E-state index contributed by atoms with van der Waals surface area (Å²) in [6.07, 6.45) is 0. The van der Waals surface area contributed by atoms with Crippen molar-refractivity contribution < 1.29 is 13.2 Å². The van der Waals surface area contributed by atoms with Gasteiger partial charge in [0.1, 0.15) is 5.75 Å². The second kappa shape index (κ2) is 6.93. The highest BCUT2D eigenvalue weighted by Gasteiger charge is 2.16. The Balaban J connectivity index is 2.72. The Morgan fingerprint density at radius 1 is 1.42 bits per heavy atom. The van der Waals surface area contributed by atoms with Crippen LogP contribution in [0.5, 0.6) is 5.75 Å². The van der Waals surface area contributed by atoms with E-state index in [1.807, 2.05) is 31.2 Å². The molecule has 0 spiro atoms. The normalized spacial score (nSPS) is 13.0. The zero-order valence-corrected chi connectivity index (χ0v) is 12.6. The van der Waals surface area contributed by atoms with Crippen molar-refractivity contribution in [3.8, 4) is 5.75 Å². The zero-order chi connectivity index (χ0) is 14.5. The van der Waals surface area contributed by atoms with Gasteiger partial charge in [0.2, 0.25) is 10.0 Å². The monoisotopic (exact) mass is 303 g/mol. The molecule has 4 nitrogen and oxygen atoms in total. The van der Waals surface area contributed by atoms with Crippen LogP contribution in [-0.4, -0.2) is 20.8 Å². The topological polar surface area (TPSA) is 55.4 Å². The van der Waals surface area contributed by atoms with Crippen LogP contribution < -0.4 is 9.46 Å². The van der Waals surface area contributed by atoms with Crippen LogP contribution in [0.2, 0.25) is 0 Å². The Kier molecular flexibility index (Phi) is 5.85. The second-order valence-corrected chi connectivity index (χ2v) is 6.41. The molecule has 0 radical (unpaired) electrons. The molecule has 6 heteroatoms. The van der Waals surface area contributed by atoms with Gasteiger partial charge < -0.3 is 4.74 Å². The first-order chi connectivity index (χ1) is 8.84. The van der Waals surface area contributed by atoms with Gasteiger partial charge in [0.25, 0.3) is 0 Å². The molecule has 1 aromatic carbocycles. The molecule has 1 rings (SSSR count). The van der Waals surface area contributed by atoms with Gasteiger partial charge in [-0.15, -0.1) is 0 Å². The summed E-state index contributed by atoms with van der Waals surface area (Å²) in [6.45, 7) is 7.65. The summed E-state index contributed by atoms with van der Waals surface area (Å²) in [5, 5.41) is 0.0893. The van der Waals surface area contributed by atoms with E-state index in [1.165, 1.54) is 0 Å². The molecule has 0 aliphatic rings. The Morgan fingerprint density at radius 3 is 2.47 bits per heavy atom. The highest BCUT2D eigenvalue weighted by Crippen LogP contribution is 2.18. The minimum absolute atomic E-state index is 0.0893. The molecule has 0 aliphatic carbocycles. The Morgan fingerprint density at radius 2 is 2.00 bits per heavy atom. The molecular formula is C13H18ClNO3S. The van der Waals surface area contributed by atoms with Crippen molar-refractivity contribution in [2.45, 2.75) is 19.9 Å². The second-order valence-electron chi connectivity index (χ2n) is 4.12. The van der Waals surface area contributed by atoms with Crippen LogP contribution in [0.25, 0.3) is 0 Å². The van der Waals surface area contributed by atoms with Gasteiger partial charge >= 0.3 is 0 Å². The summed E-state index contributed by atoms with van der Waals surface area (Å²) >= 11 is 5.52. The van der Waals surface area contributed by atoms with Crippen LogP contribution in [0, 0.1) is 0 Å². The Labute approximate surface area is 119 Å². The number of rotatable bonds is 7. The molecule has 0 fully saturated rings. The molecule has 0 aromatic heterocycles. The summed E-state index contributed by atoms with van der Waals surface area (Å²) in [4.78, 5) is 0. The molecule has 1 atom stereocenters. The molecule has 19 heavy (non-hydrogen) atoms. The summed E-state index contributed by atoms with van der Waals surface area (Å²) in [5.41, 5.74) is 0.854. The van der Waals surface area contributed by atoms with Crippen molar-refractivity contribution in [1.82, 2.24) is 4.72 Å².